The molecule has 0 heterocycles. The fourth-order valence-electron chi connectivity index (χ4n) is 1.67. The lowest BCUT2D eigenvalue weighted by molar-refractivity contribution is 0.305. The topological polar surface area (TPSA) is 59.1 Å². The van der Waals surface area contributed by atoms with E-state index in [1.807, 2.05) is 0 Å². The quantitative estimate of drug-likeness (QED) is 0.666. The molecule has 0 unspecified atom stereocenters. The molecule has 0 atom stereocenters. The Kier molecular flexibility index (Phi) is 4.02. The Morgan fingerprint density at radius 3 is 2.68 bits per heavy atom. The molecular weight excluding hydrogens is 267 g/mol. The van der Waals surface area contributed by atoms with Gasteiger partial charge in [-0.05, 0) is 29.8 Å². The summed E-state index contributed by atoms with van der Waals surface area (Å²) >= 11 is 5.97. The largest absolute Gasteiger partial charge is 0.488 e. The highest BCUT2D eigenvalue weighted by molar-refractivity contribution is 6.34. The highest BCUT2D eigenvalue weighted by atomic mass is 35.5. The van der Waals surface area contributed by atoms with Gasteiger partial charge in [-0.3, -0.25) is 5.41 Å². The molecule has 0 spiro atoms. The van der Waals surface area contributed by atoms with Gasteiger partial charge in [0.05, 0.1) is 10.6 Å². The van der Waals surface area contributed by atoms with Gasteiger partial charge in [0.15, 0.2) is 0 Å². The minimum absolute atomic E-state index is 0.167. The lowest BCUT2D eigenvalue weighted by Gasteiger charge is -2.12. The molecule has 2 rings (SSSR count). The molecule has 3 nitrogen and oxygen atoms in total. The van der Waals surface area contributed by atoms with Gasteiger partial charge in [0.2, 0.25) is 0 Å². The van der Waals surface area contributed by atoms with Crippen LogP contribution >= 0.6 is 11.6 Å². The minimum Gasteiger partial charge on any atom is -0.488 e. The summed E-state index contributed by atoms with van der Waals surface area (Å²) in [5.41, 5.74) is 6.50. The van der Waals surface area contributed by atoms with Crippen LogP contribution in [-0.2, 0) is 6.61 Å². The number of ether oxygens (including phenoxy) is 1. The molecule has 5 heteroatoms. The van der Waals surface area contributed by atoms with Crippen LogP contribution in [0.4, 0.5) is 4.39 Å². The Morgan fingerprint density at radius 1 is 1.26 bits per heavy atom. The van der Waals surface area contributed by atoms with Gasteiger partial charge < -0.3 is 10.5 Å². The lowest BCUT2D eigenvalue weighted by atomic mass is 10.2. The van der Waals surface area contributed by atoms with Crippen molar-refractivity contribution in [1.82, 2.24) is 0 Å². The molecule has 0 aliphatic rings. The molecule has 0 aliphatic heterocycles. The third kappa shape index (κ3) is 3.23. The number of amidine groups is 1. The van der Waals surface area contributed by atoms with Crippen LogP contribution in [0.1, 0.15) is 11.1 Å². The van der Waals surface area contributed by atoms with Crippen LogP contribution in [-0.4, -0.2) is 5.84 Å². The Hall–Kier alpha value is -2.07. The summed E-state index contributed by atoms with van der Waals surface area (Å²) in [4.78, 5) is 0. The van der Waals surface area contributed by atoms with Gasteiger partial charge in [0.1, 0.15) is 24.0 Å². The number of benzene rings is 2. The fourth-order valence-corrected chi connectivity index (χ4v) is 1.94. The third-order valence-corrected chi connectivity index (χ3v) is 2.84. The Morgan fingerprint density at radius 2 is 2.00 bits per heavy atom. The van der Waals surface area contributed by atoms with E-state index in [1.165, 1.54) is 12.1 Å². The predicted molar refractivity (Wildman–Crippen MR) is 73.2 cm³/mol. The maximum atomic E-state index is 13.0. The molecule has 0 amide bonds. The van der Waals surface area contributed by atoms with Gasteiger partial charge in [-0.25, -0.2) is 4.39 Å². The van der Waals surface area contributed by atoms with Gasteiger partial charge in [0, 0.05) is 0 Å². The first-order valence-corrected chi connectivity index (χ1v) is 5.96. The Balaban J connectivity index is 2.20. The zero-order valence-electron chi connectivity index (χ0n) is 9.99. The van der Waals surface area contributed by atoms with Crippen molar-refractivity contribution in [3.05, 3.63) is 64.4 Å². The first-order chi connectivity index (χ1) is 9.08. The van der Waals surface area contributed by atoms with Crippen LogP contribution in [0.2, 0.25) is 5.02 Å². The van der Waals surface area contributed by atoms with Crippen LogP contribution < -0.4 is 10.5 Å². The zero-order valence-corrected chi connectivity index (χ0v) is 10.7. The SMILES string of the molecule is N=C(N)c1c(Cl)cccc1OCc1cccc(F)c1. The Bertz CT molecular complexity index is 616. The van der Waals surface area contributed by atoms with Gasteiger partial charge >= 0.3 is 0 Å². The number of nitrogens with two attached hydrogens (primary N) is 1. The van der Waals surface area contributed by atoms with Crippen LogP contribution in [0.5, 0.6) is 5.75 Å². The summed E-state index contributed by atoms with van der Waals surface area (Å²) in [6, 6.07) is 11.1. The molecule has 3 N–H and O–H groups in total. The second kappa shape index (κ2) is 5.71. The summed E-state index contributed by atoms with van der Waals surface area (Å²) in [7, 11) is 0. The average molecular weight is 279 g/mol. The maximum absolute atomic E-state index is 13.0. The predicted octanol–water partition coefficient (Wildman–Crippen LogP) is 3.34. The molecule has 19 heavy (non-hydrogen) atoms. The number of nitrogen functional groups attached to an aromatic ring is 1. The van der Waals surface area contributed by atoms with E-state index in [0.717, 1.165) is 0 Å². The van der Waals surface area contributed by atoms with E-state index in [1.54, 1.807) is 30.3 Å². The molecule has 0 aliphatic carbocycles. The van der Waals surface area contributed by atoms with E-state index in [2.05, 4.69) is 0 Å². The second-order valence-corrected chi connectivity index (χ2v) is 4.35. The normalized spacial score (nSPS) is 10.2. The third-order valence-electron chi connectivity index (χ3n) is 2.53. The molecule has 0 saturated carbocycles. The summed E-state index contributed by atoms with van der Waals surface area (Å²) in [5.74, 6) is -0.0805. The van der Waals surface area contributed by atoms with E-state index in [-0.39, 0.29) is 18.3 Å². The summed E-state index contributed by atoms with van der Waals surface area (Å²) in [5, 5.41) is 7.84. The van der Waals surface area contributed by atoms with Crippen molar-refractivity contribution < 1.29 is 9.13 Å². The number of halogens is 2. The molecular formula is C14H12ClFN2O. The van der Waals surface area contributed by atoms with Crippen molar-refractivity contribution in [3.63, 3.8) is 0 Å². The maximum Gasteiger partial charge on any atom is 0.132 e. The molecule has 0 fully saturated rings. The molecule has 0 saturated heterocycles. The first-order valence-electron chi connectivity index (χ1n) is 5.58. The van der Waals surface area contributed by atoms with E-state index in [4.69, 9.17) is 27.5 Å². The molecule has 0 bridgehead atoms. The van der Waals surface area contributed by atoms with Gasteiger partial charge in [-0.15, -0.1) is 0 Å². The number of nitrogens with one attached hydrogen (secondary N) is 1. The van der Waals surface area contributed by atoms with Crippen LogP contribution in [0, 0.1) is 11.2 Å². The lowest BCUT2D eigenvalue weighted by Crippen LogP contribution is -2.13. The zero-order chi connectivity index (χ0) is 13.8. The number of hydrogen-bond donors (Lipinski definition) is 2. The monoisotopic (exact) mass is 278 g/mol. The van der Waals surface area contributed by atoms with Crippen LogP contribution in [0.25, 0.3) is 0 Å². The molecule has 2 aromatic rings. The van der Waals surface area contributed by atoms with E-state index in [9.17, 15) is 4.39 Å². The average Bonchev–Trinajstić information content (AvgIpc) is 2.36. The molecule has 98 valence electrons. The Labute approximate surface area is 115 Å². The number of hydrogen-bond acceptors (Lipinski definition) is 2. The second-order valence-electron chi connectivity index (χ2n) is 3.95. The van der Waals surface area contributed by atoms with Crippen molar-refractivity contribution in [2.45, 2.75) is 6.61 Å². The molecule has 0 radical (unpaired) electrons. The molecule has 2 aromatic carbocycles. The van der Waals surface area contributed by atoms with E-state index in [0.29, 0.717) is 21.9 Å². The number of rotatable bonds is 4. The van der Waals surface area contributed by atoms with Crippen LogP contribution in [0.3, 0.4) is 0 Å². The molecule has 0 aromatic heterocycles. The van der Waals surface area contributed by atoms with Crippen molar-refractivity contribution in [1.29, 1.82) is 5.41 Å². The highest BCUT2D eigenvalue weighted by Gasteiger charge is 2.11. The van der Waals surface area contributed by atoms with Crippen molar-refractivity contribution in [2.24, 2.45) is 5.73 Å². The van der Waals surface area contributed by atoms with Crippen molar-refractivity contribution in [2.75, 3.05) is 0 Å². The summed E-state index contributed by atoms with van der Waals surface area (Å²) in [6.07, 6.45) is 0. The standard InChI is InChI=1S/C14H12ClFN2O/c15-11-5-2-6-12(13(11)14(17)18)19-8-9-3-1-4-10(16)7-9/h1-7H,8H2,(H3,17,18). The summed E-state index contributed by atoms with van der Waals surface area (Å²) < 4.78 is 18.6. The van der Waals surface area contributed by atoms with Crippen molar-refractivity contribution in [3.8, 4) is 5.75 Å². The first kappa shape index (κ1) is 13.4. The van der Waals surface area contributed by atoms with Gasteiger partial charge in [-0.1, -0.05) is 29.8 Å². The van der Waals surface area contributed by atoms with Crippen LogP contribution in [0.15, 0.2) is 42.5 Å². The highest BCUT2D eigenvalue weighted by Crippen LogP contribution is 2.26. The summed E-state index contributed by atoms with van der Waals surface area (Å²) in [6.45, 7) is 0.179. The minimum atomic E-state index is -0.320. The fraction of sp³-hybridized carbons (Fsp3) is 0.0714. The van der Waals surface area contributed by atoms with E-state index < -0.39 is 0 Å². The van der Waals surface area contributed by atoms with Gasteiger partial charge in [0.25, 0.3) is 0 Å². The smallest absolute Gasteiger partial charge is 0.132 e. The van der Waals surface area contributed by atoms with Crippen molar-refractivity contribution >= 4 is 17.4 Å². The van der Waals surface area contributed by atoms with E-state index >= 15 is 0 Å². The van der Waals surface area contributed by atoms with Gasteiger partial charge in [-0.2, -0.15) is 0 Å².